The SMILES string of the molecule is Cc1ccc(NC(=O)[C@@H](C)Sc2nncn2C(C)C)cc1F. The highest BCUT2D eigenvalue weighted by molar-refractivity contribution is 8.00. The molecule has 0 bridgehead atoms. The van der Waals surface area contributed by atoms with Crippen LogP contribution in [0, 0.1) is 12.7 Å². The Morgan fingerprint density at radius 2 is 2.09 bits per heavy atom. The van der Waals surface area contributed by atoms with Gasteiger partial charge in [-0.05, 0) is 45.4 Å². The van der Waals surface area contributed by atoms with Crippen LogP contribution in [0.4, 0.5) is 10.1 Å². The lowest BCUT2D eigenvalue weighted by Crippen LogP contribution is -2.23. The van der Waals surface area contributed by atoms with Gasteiger partial charge in [0.1, 0.15) is 12.1 Å². The number of carbonyl (C=O) groups excluding carboxylic acids is 1. The molecule has 1 aromatic carbocycles. The van der Waals surface area contributed by atoms with E-state index in [2.05, 4.69) is 15.5 Å². The maximum Gasteiger partial charge on any atom is 0.237 e. The zero-order valence-corrected chi connectivity index (χ0v) is 13.8. The van der Waals surface area contributed by atoms with Crippen LogP contribution in [0.15, 0.2) is 29.7 Å². The van der Waals surface area contributed by atoms with E-state index in [1.54, 1.807) is 32.3 Å². The molecule has 0 saturated carbocycles. The number of rotatable bonds is 5. The Balaban J connectivity index is 2.02. The van der Waals surface area contributed by atoms with Gasteiger partial charge in [0, 0.05) is 11.7 Å². The van der Waals surface area contributed by atoms with E-state index in [0.29, 0.717) is 16.4 Å². The fourth-order valence-corrected chi connectivity index (χ4v) is 2.75. The summed E-state index contributed by atoms with van der Waals surface area (Å²) in [6.45, 7) is 7.50. The van der Waals surface area contributed by atoms with E-state index >= 15 is 0 Å². The van der Waals surface area contributed by atoms with Crippen molar-refractivity contribution in [3.05, 3.63) is 35.9 Å². The van der Waals surface area contributed by atoms with Crippen LogP contribution in [-0.4, -0.2) is 25.9 Å². The molecule has 1 heterocycles. The topological polar surface area (TPSA) is 59.8 Å². The molecule has 0 aliphatic carbocycles. The second kappa shape index (κ2) is 6.91. The molecule has 1 N–H and O–H groups in total. The van der Waals surface area contributed by atoms with Crippen LogP contribution in [0.1, 0.15) is 32.4 Å². The molecule has 2 rings (SSSR count). The number of aromatic nitrogens is 3. The standard InChI is InChI=1S/C15H19FN4OS/c1-9(2)20-8-17-19-15(20)22-11(4)14(21)18-12-6-5-10(3)13(16)7-12/h5-9,11H,1-4H3,(H,18,21)/t11-/m1/s1. The predicted octanol–water partition coefficient (Wildman–Crippen LogP) is 3.43. The third-order valence-electron chi connectivity index (χ3n) is 3.19. The number of anilines is 1. The lowest BCUT2D eigenvalue weighted by molar-refractivity contribution is -0.115. The Kier molecular flexibility index (Phi) is 5.18. The van der Waals surface area contributed by atoms with Crippen molar-refractivity contribution in [1.82, 2.24) is 14.8 Å². The first kappa shape index (κ1) is 16.5. The number of benzene rings is 1. The summed E-state index contributed by atoms with van der Waals surface area (Å²) >= 11 is 1.32. The van der Waals surface area contributed by atoms with Crippen LogP contribution in [0.25, 0.3) is 0 Å². The number of nitrogens with zero attached hydrogens (tertiary/aromatic N) is 3. The van der Waals surface area contributed by atoms with Crippen molar-refractivity contribution in [2.24, 2.45) is 0 Å². The van der Waals surface area contributed by atoms with E-state index in [0.717, 1.165) is 0 Å². The van der Waals surface area contributed by atoms with Gasteiger partial charge in [-0.15, -0.1) is 10.2 Å². The number of carbonyl (C=O) groups is 1. The van der Waals surface area contributed by atoms with Crippen LogP contribution < -0.4 is 5.32 Å². The van der Waals surface area contributed by atoms with E-state index in [-0.39, 0.29) is 23.0 Å². The highest BCUT2D eigenvalue weighted by atomic mass is 32.2. The molecule has 0 radical (unpaired) electrons. The Morgan fingerprint density at radius 3 is 2.73 bits per heavy atom. The van der Waals surface area contributed by atoms with Gasteiger partial charge in [-0.2, -0.15) is 0 Å². The molecule has 1 amide bonds. The van der Waals surface area contributed by atoms with Gasteiger partial charge in [0.15, 0.2) is 5.16 Å². The molecule has 22 heavy (non-hydrogen) atoms. The van der Waals surface area contributed by atoms with Gasteiger partial charge in [-0.1, -0.05) is 17.8 Å². The monoisotopic (exact) mass is 322 g/mol. The van der Waals surface area contributed by atoms with Crippen LogP contribution in [0.3, 0.4) is 0 Å². The van der Waals surface area contributed by atoms with Gasteiger partial charge < -0.3 is 9.88 Å². The van der Waals surface area contributed by atoms with Crippen LogP contribution in [0.5, 0.6) is 0 Å². The molecule has 118 valence electrons. The molecular weight excluding hydrogens is 303 g/mol. The molecule has 0 spiro atoms. The van der Waals surface area contributed by atoms with Gasteiger partial charge in [0.2, 0.25) is 5.91 Å². The molecule has 0 saturated heterocycles. The summed E-state index contributed by atoms with van der Waals surface area (Å²) in [4.78, 5) is 12.2. The van der Waals surface area contributed by atoms with Crippen molar-refractivity contribution in [3.8, 4) is 0 Å². The number of nitrogens with one attached hydrogen (secondary N) is 1. The maximum absolute atomic E-state index is 13.5. The van der Waals surface area contributed by atoms with Crippen molar-refractivity contribution >= 4 is 23.4 Å². The molecule has 0 aliphatic heterocycles. The summed E-state index contributed by atoms with van der Waals surface area (Å²) in [5.74, 6) is -0.538. The van der Waals surface area contributed by atoms with Crippen molar-refractivity contribution in [2.75, 3.05) is 5.32 Å². The van der Waals surface area contributed by atoms with Crippen molar-refractivity contribution in [1.29, 1.82) is 0 Å². The zero-order valence-electron chi connectivity index (χ0n) is 13.0. The summed E-state index contributed by atoms with van der Waals surface area (Å²) in [6.07, 6.45) is 1.65. The quantitative estimate of drug-likeness (QED) is 0.857. The first-order chi connectivity index (χ1) is 10.4. The first-order valence-corrected chi connectivity index (χ1v) is 7.89. The third kappa shape index (κ3) is 3.85. The second-order valence-corrected chi connectivity index (χ2v) is 6.64. The Labute approximate surface area is 133 Å². The number of halogens is 1. The van der Waals surface area contributed by atoms with Crippen LogP contribution in [-0.2, 0) is 4.79 Å². The molecule has 2 aromatic rings. The molecule has 0 unspecified atom stereocenters. The van der Waals surface area contributed by atoms with Gasteiger partial charge in [0.05, 0.1) is 5.25 Å². The van der Waals surface area contributed by atoms with Gasteiger partial charge >= 0.3 is 0 Å². The average molecular weight is 322 g/mol. The summed E-state index contributed by atoms with van der Waals surface area (Å²) in [5, 5.41) is 10.9. The fourth-order valence-electron chi connectivity index (χ4n) is 1.80. The number of hydrogen-bond donors (Lipinski definition) is 1. The summed E-state index contributed by atoms with van der Waals surface area (Å²) in [6, 6.07) is 4.86. The van der Waals surface area contributed by atoms with E-state index in [1.165, 1.54) is 17.8 Å². The first-order valence-electron chi connectivity index (χ1n) is 7.01. The zero-order chi connectivity index (χ0) is 16.3. The normalized spacial score (nSPS) is 12.5. The van der Waals surface area contributed by atoms with E-state index < -0.39 is 0 Å². The Bertz CT molecular complexity index is 671. The van der Waals surface area contributed by atoms with Crippen molar-refractivity contribution in [2.45, 2.75) is 44.1 Å². The second-order valence-electron chi connectivity index (χ2n) is 5.33. The highest BCUT2D eigenvalue weighted by Gasteiger charge is 2.19. The molecule has 0 fully saturated rings. The molecule has 7 heteroatoms. The summed E-state index contributed by atoms with van der Waals surface area (Å²) < 4.78 is 15.4. The third-order valence-corrected chi connectivity index (χ3v) is 4.26. The highest BCUT2D eigenvalue weighted by Crippen LogP contribution is 2.24. The predicted molar refractivity (Wildman–Crippen MR) is 85.5 cm³/mol. The minimum atomic E-state index is -0.369. The van der Waals surface area contributed by atoms with E-state index in [9.17, 15) is 9.18 Å². The summed E-state index contributed by atoms with van der Waals surface area (Å²) in [5.41, 5.74) is 0.997. The smallest absolute Gasteiger partial charge is 0.237 e. The summed E-state index contributed by atoms with van der Waals surface area (Å²) in [7, 11) is 0. The minimum absolute atomic E-state index is 0.202. The lowest BCUT2D eigenvalue weighted by atomic mass is 10.2. The number of thioether (sulfide) groups is 1. The van der Waals surface area contributed by atoms with Gasteiger partial charge in [0.25, 0.3) is 0 Å². The maximum atomic E-state index is 13.5. The molecule has 1 atom stereocenters. The molecule has 1 aromatic heterocycles. The van der Waals surface area contributed by atoms with Gasteiger partial charge in [-0.25, -0.2) is 4.39 Å². The van der Waals surface area contributed by atoms with E-state index in [1.807, 2.05) is 18.4 Å². The van der Waals surface area contributed by atoms with Gasteiger partial charge in [-0.3, -0.25) is 4.79 Å². The lowest BCUT2D eigenvalue weighted by Gasteiger charge is -2.14. The molecule has 0 aliphatic rings. The fraction of sp³-hybridized carbons (Fsp3) is 0.400. The largest absolute Gasteiger partial charge is 0.325 e. The number of hydrogen-bond acceptors (Lipinski definition) is 4. The minimum Gasteiger partial charge on any atom is -0.325 e. The molecule has 5 nitrogen and oxygen atoms in total. The Morgan fingerprint density at radius 1 is 1.36 bits per heavy atom. The molecular formula is C15H19FN4OS. The number of aryl methyl sites for hydroxylation is 1. The van der Waals surface area contributed by atoms with Crippen molar-refractivity contribution in [3.63, 3.8) is 0 Å². The Hall–Kier alpha value is -1.89. The van der Waals surface area contributed by atoms with Crippen molar-refractivity contribution < 1.29 is 9.18 Å². The number of amides is 1. The van der Waals surface area contributed by atoms with Crippen LogP contribution in [0.2, 0.25) is 0 Å². The van der Waals surface area contributed by atoms with E-state index in [4.69, 9.17) is 0 Å². The average Bonchev–Trinajstić information content (AvgIpc) is 2.91. The van der Waals surface area contributed by atoms with Crippen LogP contribution >= 0.6 is 11.8 Å².